The predicted molar refractivity (Wildman–Crippen MR) is 92.6 cm³/mol. The highest BCUT2D eigenvalue weighted by molar-refractivity contribution is 9.26. The molecule has 0 saturated heterocycles. The van der Waals surface area contributed by atoms with Gasteiger partial charge in [0.15, 0.2) is 0 Å². The average molecular weight is 540 g/mol. The Balaban J connectivity index is 1.68. The summed E-state index contributed by atoms with van der Waals surface area (Å²) in [5, 5.41) is 5.70. The minimum Gasteiger partial charge on any atom is -0.354 e. The van der Waals surface area contributed by atoms with E-state index in [1.807, 2.05) is 13.8 Å². The van der Waals surface area contributed by atoms with E-state index in [9.17, 15) is 9.59 Å². The number of nitrogens with one attached hydrogen (secondary N) is 2. The molecule has 20 heavy (non-hydrogen) atoms. The molecule has 4 nitrogen and oxygen atoms in total. The lowest BCUT2D eigenvalue weighted by Crippen LogP contribution is -2.41. The van der Waals surface area contributed by atoms with E-state index in [4.69, 9.17) is 0 Å². The minimum absolute atomic E-state index is 0.00605. The van der Waals surface area contributed by atoms with Gasteiger partial charge in [0.2, 0.25) is 11.8 Å². The maximum Gasteiger partial charge on any atom is 0.228 e. The van der Waals surface area contributed by atoms with Gasteiger partial charge < -0.3 is 10.6 Å². The third kappa shape index (κ3) is 2.86. The molecule has 2 saturated carbocycles. The van der Waals surface area contributed by atoms with Crippen molar-refractivity contribution in [1.82, 2.24) is 10.6 Å². The Morgan fingerprint density at radius 3 is 1.30 bits per heavy atom. The highest BCUT2D eigenvalue weighted by Crippen LogP contribution is 2.67. The van der Waals surface area contributed by atoms with Crippen molar-refractivity contribution >= 4 is 75.5 Å². The summed E-state index contributed by atoms with van der Waals surface area (Å²) in [6.45, 7) is 4.67. The number of hydrogen-bond acceptors (Lipinski definition) is 2. The first-order chi connectivity index (χ1) is 8.96. The lowest BCUT2D eigenvalue weighted by Gasteiger charge is -2.15. The van der Waals surface area contributed by atoms with Crippen molar-refractivity contribution in [3.63, 3.8) is 0 Å². The molecule has 114 valence electrons. The second kappa shape index (κ2) is 5.20. The molecule has 0 aliphatic heterocycles. The van der Waals surface area contributed by atoms with Crippen LogP contribution >= 0.6 is 63.7 Å². The van der Waals surface area contributed by atoms with Gasteiger partial charge in [0, 0.05) is 13.1 Å². The van der Waals surface area contributed by atoms with Crippen LogP contribution in [0.4, 0.5) is 0 Å². The molecular formula is C12H16Br4N2O2. The smallest absolute Gasteiger partial charge is 0.228 e. The van der Waals surface area contributed by atoms with E-state index in [2.05, 4.69) is 74.4 Å². The van der Waals surface area contributed by atoms with Crippen molar-refractivity contribution in [1.29, 1.82) is 0 Å². The number of hydrogen-bond donors (Lipinski definition) is 2. The third-order valence-electron chi connectivity index (χ3n) is 4.21. The van der Waals surface area contributed by atoms with Crippen LogP contribution in [-0.4, -0.2) is 31.4 Å². The second-order valence-electron chi connectivity index (χ2n) is 5.94. The average Bonchev–Trinajstić information content (AvgIpc) is 3.04. The van der Waals surface area contributed by atoms with Crippen molar-refractivity contribution < 1.29 is 9.59 Å². The van der Waals surface area contributed by atoms with Crippen LogP contribution in [-0.2, 0) is 9.59 Å². The molecular weight excluding hydrogens is 524 g/mol. The van der Waals surface area contributed by atoms with Crippen LogP contribution in [0.15, 0.2) is 0 Å². The molecule has 0 heterocycles. The third-order valence-corrected chi connectivity index (χ3v) is 8.84. The number of carbonyl (C=O) groups is 2. The molecule has 0 spiro atoms. The maximum atomic E-state index is 12.0. The first-order valence-corrected chi connectivity index (χ1v) is 9.46. The van der Waals surface area contributed by atoms with Gasteiger partial charge >= 0.3 is 0 Å². The Labute approximate surface area is 152 Å². The van der Waals surface area contributed by atoms with Gasteiger partial charge in [-0.3, -0.25) is 9.59 Å². The van der Waals surface area contributed by atoms with Crippen LogP contribution in [0, 0.1) is 10.8 Å². The first kappa shape index (κ1) is 17.2. The molecule has 2 fully saturated rings. The van der Waals surface area contributed by atoms with Crippen molar-refractivity contribution in [2.45, 2.75) is 33.2 Å². The van der Waals surface area contributed by atoms with E-state index >= 15 is 0 Å². The number of alkyl halides is 4. The maximum absolute atomic E-state index is 12.0. The molecule has 2 amide bonds. The predicted octanol–water partition coefficient (Wildman–Crippen LogP) is 3.01. The van der Waals surface area contributed by atoms with Crippen LogP contribution in [0.1, 0.15) is 26.7 Å². The summed E-state index contributed by atoms with van der Waals surface area (Å²) in [7, 11) is 0. The van der Waals surface area contributed by atoms with Crippen LogP contribution in [0.2, 0.25) is 0 Å². The Hall–Kier alpha value is 0.860. The van der Waals surface area contributed by atoms with Crippen LogP contribution in [0.3, 0.4) is 0 Å². The van der Waals surface area contributed by atoms with Gasteiger partial charge in [-0.25, -0.2) is 0 Å². The summed E-state index contributed by atoms with van der Waals surface area (Å²) in [6.07, 6.45) is 1.51. The van der Waals surface area contributed by atoms with Gasteiger partial charge in [-0.2, -0.15) is 0 Å². The van der Waals surface area contributed by atoms with Crippen LogP contribution in [0.5, 0.6) is 0 Å². The molecule has 0 aromatic heterocycles. The number of carbonyl (C=O) groups excluding carboxylic acids is 2. The highest BCUT2D eigenvalue weighted by atomic mass is 79.9. The summed E-state index contributed by atoms with van der Waals surface area (Å²) in [5.41, 5.74) is -0.833. The Morgan fingerprint density at radius 1 is 0.850 bits per heavy atom. The highest BCUT2D eigenvalue weighted by Gasteiger charge is 2.67. The Kier molecular flexibility index (Phi) is 4.48. The molecule has 2 rings (SSSR count). The normalized spacial score (nSPS) is 36.1. The van der Waals surface area contributed by atoms with Gasteiger partial charge in [0.25, 0.3) is 0 Å². The number of halogens is 4. The van der Waals surface area contributed by atoms with Crippen molar-refractivity contribution in [2.24, 2.45) is 10.8 Å². The van der Waals surface area contributed by atoms with E-state index in [-0.39, 0.29) is 18.3 Å². The van der Waals surface area contributed by atoms with E-state index in [0.717, 1.165) is 12.8 Å². The number of rotatable bonds is 5. The molecule has 8 heteroatoms. The largest absolute Gasteiger partial charge is 0.354 e. The monoisotopic (exact) mass is 536 g/mol. The molecule has 0 unspecified atom stereocenters. The first-order valence-electron chi connectivity index (χ1n) is 6.29. The molecule has 0 aromatic carbocycles. The summed E-state index contributed by atoms with van der Waals surface area (Å²) in [4.78, 5) is 24.0. The molecule has 2 atom stereocenters. The van der Waals surface area contributed by atoms with Crippen LogP contribution in [0.25, 0.3) is 0 Å². The zero-order chi connectivity index (χ0) is 15.4. The summed E-state index contributed by atoms with van der Waals surface area (Å²) in [6, 6.07) is 0. The quantitative estimate of drug-likeness (QED) is 0.417. The molecule has 0 aromatic rings. The van der Waals surface area contributed by atoms with Gasteiger partial charge in [-0.1, -0.05) is 63.7 Å². The zero-order valence-electron chi connectivity index (χ0n) is 11.2. The van der Waals surface area contributed by atoms with E-state index in [1.54, 1.807) is 0 Å². The fraction of sp³-hybridized carbons (Fsp3) is 0.833. The molecule has 2 N–H and O–H groups in total. The Morgan fingerprint density at radius 2 is 1.10 bits per heavy atom. The minimum atomic E-state index is -0.416. The van der Waals surface area contributed by atoms with E-state index < -0.39 is 10.8 Å². The van der Waals surface area contributed by atoms with Crippen molar-refractivity contribution in [3.05, 3.63) is 0 Å². The van der Waals surface area contributed by atoms with Crippen molar-refractivity contribution in [2.75, 3.05) is 13.1 Å². The zero-order valence-corrected chi connectivity index (χ0v) is 17.5. The standard InChI is InChI=1S/C12H16Br4N2O2/c1-9(5-11(9,13)14)7(19)17-3-4-18-8(20)10(2)6-12(10,15)16/h3-6H2,1-2H3,(H,17,19)(H,18,20)/t9-,10-/m0/s1. The van der Waals surface area contributed by atoms with Crippen molar-refractivity contribution in [3.8, 4) is 0 Å². The Bertz CT molecular complexity index is 426. The molecule has 0 radical (unpaired) electrons. The number of amides is 2. The van der Waals surface area contributed by atoms with E-state index in [0.29, 0.717) is 13.1 Å². The summed E-state index contributed by atoms with van der Waals surface area (Å²) in [5.74, 6) is -0.0121. The molecule has 0 bridgehead atoms. The lowest BCUT2D eigenvalue weighted by molar-refractivity contribution is -0.127. The van der Waals surface area contributed by atoms with Gasteiger partial charge in [0.1, 0.15) is 0 Å². The van der Waals surface area contributed by atoms with Gasteiger partial charge in [-0.15, -0.1) is 0 Å². The molecule has 2 aliphatic carbocycles. The van der Waals surface area contributed by atoms with E-state index in [1.165, 1.54) is 0 Å². The summed E-state index contributed by atoms with van der Waals surface area (Å²) >= 11 is 13.9. The van der Waals surface area contributed by atoms with Crippen LogP contribution < -0.4 is 10.6 Å². The van der Waals surface area contributed by atoms with Gasteiger partial charge in [0.05, 0.1) is 17.3 Å². The fourth-order valence-corrected chi connectivity index (χ4v) is 5.00. The SMILES string of the molecule is C[C@@]1(C(=O)NCCNC(=O)[C@]2(C)CC2(Br)Br)CC1(Br)Br. The lowest BCUT2D eigenvalue weighted by atomic mass is 10.1. The topological polar surface area (TPSA) is 58.2 Å². The second-order valence-corrected chi connectivity index (χ2v) is 13.5. The fourth-order valence-electron chi connectivity index (χ4n) is 2.03. The molecule has 2 aliphatic rings. The van der Waals surface area contributed by atoms with Gasteiger partial charge in [-0.05, 0) is 26.7 Å². The summed E-state index contributed by atoms with van der Waals surface area (Å²) < 4.78 is -0.569.